The first-order valence-corrected chi connectivity index (χ1v) is 12.3. The smallest absolute Gasteiger partial charge is 0.236 e. The number of hydrogen-bond donors (Lipinski definition) is 0. The minimum absolute atomic E-state index is 0.190. The molecule has 168 valence electrons. The number of likely N-dealkylation sites (tertiary alicyclic amines) is 2. The molecule has 0 unspecified atom stereocenters. The Kier molecular flexibility index (Phi) is 7.56. The van der Waals surface area contributed by atoms with Crippen molar-refractivity contribution in [3.63, 3.8) is 0 Å². The van der Waals surface area contributed by atoms with Crippen molar-refractivity contribution in [1.82, 2.24) is 19.8 Å². The molecule has 0 bridgehead atoms. The number of thioether (sulfide) groups is 1. The van der Waals surface area contributed by atoms with Crippen LogP contribution in [0.3, 0.4) is 0 Å². The van der Waals surface area contributed by atoms with Crippen LogP contribution in [0.1, 0.15) is 25.7 Å². The quantitative estimate of drug-likeness (QED) is 0.622. The van der Waals surface area contributed by atoms with Crippen LogP contribution in [0.5, 0.6) is 11.8 Å². The fourth-order valence-electron chi connectivity index (χ4n) is 4.16. The van der Waals surface area contributed by atoms with Crippen LogP contribution in [0.25, 0.3) is 0 Å². The van der Waals surface area contributed by atoms with E-state index in [-0.39, 0.29) is 12.2 Å². The van der Waals surface area contributed by atoms with Crippen molar-refractivity contribution in [2.75, 3.05) is 77.7 Å². The van der Waals surface area contributed by atoms with Gasteiger partial charge in [0.2, 0.25) is 17.7 Å². The van der Waals surface area contributed by atoms with Gasteiger partial charge in [-0.25, -0.2) is 0 Å². The Morgan fingerprint density at radius 2 is 1.27 bits per heavy atom. The van der Waals surface area contributed by atoms with E-state index < -0.39 is 0 Å². The maximum absolute atomic E-state index is 6.46. The zero-order valence-corrected chi connectivity index (χ0v) is 19.3. The lowest BCUT2D eigenvalue weighted by Gasteiger charge is -2.32. The standard InChI is InChI=1S/C21H35N5O3S/c1-24-8-4-16(5-9-24)28-19-18(30-3)20(29-17-6-10-25(2)11-7-17)23-21(22-19)26-12-14-27-15-13-26/h16-17H,4-15H2,1-3H3. The lowest BCUT2D eigenvalue weighted by Crippen LogP contribution is -2.38. The molecule has 4 heterocycles. The first-order chi connectivity index (χ1) is 14.6. The van der Waals surface area contributed by atoms with Gasteiger partial charge in [-0.2, -0.15) is 9.97 Å². The third-order valence-corrected chi connectivity index (χ3v) is 6.93. The predicted octanol–water partition coefficient (Wildman–Crippen LogP) is 1.98. The Morgan fingerprint density at radius 3 is 1.70 bits per heavy atom. The van der Waals surface area contributed by atoms with Crippen LogP contribution in [-0.2, 0) is 4.74 Å². The molecule has 8 nitrogen and oxygen atoms in total. The summed E-state index contributed by atoms with van der Waals surface area (Å²) >= 11 is 1.62. The van der Waals surface area contributed by atoms with E-state index in [1.807, 2.05) is 0 Å². The van der Waals surface area contributed by atoms with Crippen molar-refractivity contribution in [1.29, 1.82) is 0 Å². The normalized spacial score (nSPS) is 23.0. The van der Waals surface area contributed by atoms with Gasteiger partial charge in [-0.1, -0.05) is 0 Å². The van der Waals surface area contributed by atoms with E-state index in [0.29, 0.717) is 30.9 Å². The molecule has 0 spiro atoms. The van der Waals surface area contributed by atoms with E-state index >= 15 is 0 Å². The summed E-state index contributed by atoms with van der Waals surface area (Å²) in [4.78, 5) is 17.5. The maximum Gasteiger partial charge on any atom is 0.236 e. The summed E-state index contributed by atoms with van der Waals surface area (Å²) in [6.07, 6.45) is 6.51. The predicted molar refractivity (Wildman–Crippen MR) is 119 cm³/mol. The van der Waals surface area contributed by atoms with Crippen molar-refractivity contribution in [2.45, 2.75) is 42.8 Å². The van der Waals surface area contributed by atoms with Crippen LogP contribution < -0.4 is 14.4 Å². The highest BCUT2D eigenvalue weighted by Crippen LogP contribution is 2.38. The molecule has 3 aliphatic rings. The summed E-state index contributed by atoms with van der Waals surface area (Å²) < 4.78 is 18.4. The fourth-order valence-corrected chi connectivity index (χ4v) is 4.70. The topological polar surface area (TPSA) is 63.2 Å². The largest absolute Gasteiger partial charge is 0.473 e. The molecule has 0 saturated carbocycles. The Hall–Kier alpha value is -1.29. The number of anilines is 1. The van der Waals surface area contributed by atoms with Gasteiger partial charge in [0.1, 0.15) is 17.1 Å². The highest BCUT2D eigenvalue weighted by Gasteiger charge is 2.27. The maximum atomic E-state index is 6.46. The molecule has 3 fully saturated rings. The number of aromatic nitrogens is 2. The van der Waals surface area contributed by atoms with E-state index in [1.165, 1.54) is 0 Å². The molecule has 9 heteroatoms. The molecule has 0 aromatic carbocycles. The summed E-state index contributed by atoms with van der Waals surface area (Å²) in [5, 5.41) is 0. The summed E-state index contributed by atoms with van der Waals surface area (Å²) in [6.45, 7) is 7.20. The molecular weight excluding hydrogens is 402 g/mol. The Balaban J connectivity index is 1.58. The summed E-state index contributed by atoms with van der Waals surface area (Å²) in [5.74, 6) is 2.05. The van der Waals surface area contributed by atoms with Gasteiger partial charge in [0.05, 0.1) is 13.2 Å². The van der Waals surface area contributed by atoms with Gasteiger partial charge in [0.25, 0.3) is 0 Å². The highest BCUT2D eigenvalue weighted by molar-refractivity contribution is 7.98. The summed E-state index contributed by atoms with van der Waals surface area (Å²) in [5.41, 5.74) is 0. The molecule has 0 radical (unpaired) electrons. The number of ether oxygens (including phenoxy) is 3. The molecule has 1 aromatic heterocycles. The molecule has 0 amide bonds. The minimum Gasteiger partial charge on any atom is -0.473 e. The monoisotopic (exact) mass is 437 g/mol. The number of morpholine rings is 1. The van der Waals surface area contributed by atoms with Crippen LogP contribution in [0.4, 0.5) is 5.95 Å². The van der Waals surface area contributed by atoms with Crippen LogP contribution >= 0.6 is 11.8 Å². The molecule has 0 aliphatic carbocycles. The van der Waals surface area contributed by atoms with Crippen molar-refractivity contribution in [3.8, 4) is 11.8 Å². The van der Waals surface area contributed by atoms with E-state index in [1.54, 1.807) is 11.8 Å². The van der Waals surface area contributed by atoms with E-state index in [9.17, 15) is 0 Å². The first-order valence-electron chi connectivity index (χ1n) is 11.1. The van der Waals surface area contributed by atoms with Gasteiger partial charge < -0.3 is 28.9 Å². The number of rotatable bonds is 6. The molecule has 0 N–H and O–H groups in total. The average molecular weight is 438 g/mol. The second kappa shape index (κ2) is 10.3. The lowest BCUT2D eigenvalue weighted by atomic mass is 10.1. The molecule has 30 heavy (non-hydrogen) atoms. The van der Waals surface area contributed by atoms with Crippen LogP contribution in [0.15, 0.2) is 4.90 Å². The van der Waals surface area contributed by atoms with Crippen molar-refractivity contribution in [3.05, 3.63) is 0 Å². The molecule has 3 aliphatic heterocycles. The molecule has 3 saturated heterocycles. The summed E-state index contributed by atoms with van der Waals surface area (Å²) in [7, 11) is 4.33. The van der Waals surface area contributed by atoms with E-state index in [0.717, 1.165) is 69.8 Å². The van der Waals surface area contributed by atoms with E-state index in [2.05, 4.69) is 35.1 Å². The van der Waals surface area contributed by atoms with Crippen molar-refractivity contribution in [2.24, 2.45) is 0 Å². The van der Waals surface area contributed by atoms with Gasteiger partial charge in [-0.15, -0.1) is 11.8 Å². The van der Waals surface area contributed by atoms with Gasteiger partial charge in [-0.3, -0.25) is 0 Å². The van der Waals surface area contributed by atoms with Crippen LogP contribution in [-0.4, -0.2) is 105 Å². The van der Waals surface area contributed by atoms with Crippen molar-refractivity contribution >= 4 is 17.7 Å². The van der Waals surface area contributed by atoms with Crippen LogP contribution in [0, 0.1) is 0 Å². The average Bonchev–Trinajstić information content (AvgIpc) is 2.77. The van der Waals surface area contributed by atoms with Crippen LogP contribution in [0.2, 0.25) is 0 Å². The van der Waals surface area contributed by atoms with Gasteiger partial charge in [0, 0.05) is 39.3 Å². The molecule has 4 rings (SSSR count). The van der Waals surface area contributed by atoms with Gasteiger partial charge >= 0.3 is 0 Å². The second-order valence-corrected chi connectivity index (χ2v) is 9.32. The zero-order valence-electron chi connectivity index (χ0n) is 18.5. The molecular formula is C21H35N5O3S. The fraction of sp³-hybridized carbons (Fsp3) is 0.810. The Morgan fingerprint density at radius 1 is 0.800 bits per heavy atom. The second-order valence-electron chi connectivity index (χ2n) is 8.51. The Labute approximate surface area is 184 Å². The minimum atomic E-state index is 0.190. The van der Waals surface area contributed by atoms with Crippen molar-refractivity contribution < 1.29 is 14.2 Å². The lowest BCUT2D eigenvalue weighted by molar-refractivity contribution is 0.0952. The molecule has 1 aromatic rings. The SMILES string of the molecule is CSc1c(OC2CCN(C)CC2)nc(N2CCOCC2)nc1OC1CCN(C)CC1. The van der Waals surface area contributed by atoms with E-state index in [4.69, 9.17) is 24.2 Å². The number of piperidine rings is 2. The first kappa shape index (κ1) is 21.9. The summed E-state index contributed by atoms with van der Waals surface area (Å²) in [6, 6.07) is 0. The molecule has 0 atom stereocenters. The van der Waals surface area contributed by atoms with Gasteiger partial charge in [-0.05, 0) is 46.0 Å². The third kappa shape index (κ3) is 5.49. The third-order valence-electron chi connectivity index (χ3n) is 6.18. The van der Waals surface area contributed by atoms with Gasteiger partial charge in [0.15, 0.2) is 0 Å². The Bertz CT molecular complexity index is 642. The number of nitrogens with zero attached hydrogens (tertiary/aromatic N) is 5. The zero-order chi connectivity index (χ0) is 20.9. The number of hydrogen-bond acceptors (Lipinski definition) is 9. The highest BCUT2D eigenvalue weighted by atomic mass is 32.2.